The smallest absolute Gasteiger partial charge is 0.439 e. The molecule has 6 aromatic heterocycles. The van der Waals surface area contributed by atoms with Crippen LogP contribution in [0.2, 0.25) is 18.7 Å². The number of oxime groups is 1. The maximum Gasteiger partial charge on any atom is 0.439 e. The topological polar surface area (TPSA) is 337 Å². The summed E-state index contributed by atoms with van der Waals surface area (Å²) < 4.78 is 218. The first-order chi connectivity index (χ1) is 59.3. The number of hydrogen-bond acceptors (Lipinski definition) is 21. The number of nitrogens with one attached hydrogen (secondary N) is 1. The molecule has 674 valence electrons. The van der Waals surface area contributed by atoms with Crippen LogP contribution >= 0.6 is 11.6 Å². The van der Waals surface area contributed by atoms with Crippen molar-refractivity contribution in [2.45, 2.75) is 169 Å². The predicted octanol–water partition coefficient (Wildman–Crippen LogP) is 21.2. The lowest BCUT2D eigenvalue weighted by molar-refractivity contribution is -0.138. The molecule has 11 aromatic rings. The highest BCUT2D eigenvalue weighted by atomic mass is 35.5. The Morgan fingerprint density at radius 3 is 1.08 bits per heavy atom. The third-order valence-electron chi connectivity index (χ3n) is 16.9. The zero-order chi connectivity index (χ0) is 95.6. The quantitative estimate of drug-likeness (QED) is 0.0133. The Bertz CT molecular complexity index is 5800. The van der Waals surface area contributed by atoms with Crippen LogP contribution in [0.4, 0.5) is 88.9 Å². The van der Waals surface area contributed by atoms with Gasteiger partial charge >= 0.3 is 50.7 Å². The fourth-order valence-electron chi connectivity index (χ4n) is 11.7. The van der Waals surface area contributed by atoms with Crippen LogP contribution in [-0.2, 0) is 50.1 Å². The van der Waals surface area contributed by atoms with Gasteiger partial charge in [-0.1, -0.05) is 58.3 Å². The number of nitrogens with two attached hydrogens (primary N) is 1. The van der Waals surface area contributed by atoms with Crippen LogP contribution in [0, 0.1) is 34.0 Å². The molecule has 6 N–H and O–H groups in total. The van der Waals surface area contributed by atoms with Crippen LogP contribution < -0.4 is 40.1 Å². The summed E-state index contributed by atoms with van der Waals surface area (Å²) in [5, 5.41) is 64.3. The molecule has 0 saturated carbocycles. The second-order valence-corrected chi connectivity index (χ2v) is 32.1. The standard InChI is InChI=1S/C19H18F3N3O3.C18H19BF3N3O2.C18H20F3N3O2.C18H17F3N2O.C14H10BClF3N3O/c1-18(2,3)27-14-8-9-23-13(15(14)16-24-17(26)28-25-16)10-11-4-6-12(7-5-11)19(20,21)22;1-17(2,3)27-15-9-10-24-16(14(15)11-23)25(19(4)26)13-7-5-12(6-8-13)18(20,21)22;1-17(2,3)26-14-8-9-23-13(15(14)16(22)24-25)10-11-4-6-12(7-5-11)18(19,20)21;1-17(2,3)24-16-8-9-23-15(14(16)11-22)10-12-4-6-13(7-5-12)18(19,20)21;1-15(23)22(13-11(8-20)12(16)6-7-21-13)10-4-2-9(3-5-10)14(17,18)19/h4-9H,10H2,1-3H3,(H,24,25,26);5-10,26H,1-4H3;4-9,25H,10H2,1-3H3,(H2,22,24);4-9H,10H2,1-3H3;2-7,23H,1H3. The Balaban J connectivity index is 0.000000220. The number of pyridine rings is 5. The van der Waals surface area contributed by atoms with E-state index in [1.807, 2.05) is 95.2 Å². The van der Waals surface area contributed by atoms with Crippen LogP contribution in [0.1, 0.15) is 167 Å². The number of rotatable bonds is 18. The normalized spacial score (nSPS) is 12.0. The molecular formula is C87H84B2ClF15N14O9. The molecule has 0 aliphatic heterocycles. The molecule has 6 heterocycles. The average Bonchev–Trinajstić information content (AvgIpc) is 1.19. The van der Waals surface area contributed by atoms with Gasteiger partial charge in [-0.15, -0.1) is 0 Å². The molecule has 128 heavy (non-hydrogen) atoms. The third kappa shape index (κ3) is 29.6. The minimum Gasteiger partial charge on any atom is -0.487 e. The van der Waals surface area contributed by atoms with Crippen LogP contribution in [-0.4, -0.2) is 92.7 Å². The first-order valence-corrected chi connectivity index (χ1v) is 38.6. The zero-order valence-corrected chi connectivity index (χ0v) is 71.6. The highest BCUT2D eigenvalue weighted by Crippen LogP contribution is 2.41. The molecule has 0 aliphatic carbocycles. The molecule has 23 nitrogen and oxygen atoms in total. The second-order valence-electron chi connectivity index (χ2n) is 31.7. The van der Waals surface area contributed by atoms with Crippen molar-refractivity contribution in [2.75, 3.05) is 9.62 Å². The average molecular weight is 1810 g/mol. The lowest BCUT2D eigenvalue weighted by Crippen LogP contribution is -2.34. The molecular weight excluding hydrogens is 1730 g/mol. The van der Waals surface area contributed by atoms with E-state index in [9.17, 15) is 96.5 Å². The SMILES string of the molecule is CB(O)N(c1ccc(C(F)(F)F)cc1)c1nccc(Cl)c1C#N.CB(O)N(c1ccc(C(F)(F)F)cc1)c1nccc(OC(C)(C)C)c1C#N.CC(C)(C)Oc1ccnc(Cc2ccc(C(F)(F)F)cc2)c1-c1noc(=O)[nH]1.CC(C)(C)Oc1ccnc(Cc2ccc(C(F)(F)F)cc2)c1C#N.CC(C)(C)Oc1ccnc(Cc2ccc(C(F)(F)F)cc2)c1C(N)=NO. The summed E-state index contributed by atoms with van der Waals surface area (Å²) >= 11 is 5.93. The molecule has 0 atom stereocenters. The summed E-state index contributed by atoms with van der Waals surface area (Å²) in [5.74, 6) is 0.872. The number of amidine groups is 1. The van der Waals surface area contributed by atoms with Gasteiger partial charge in [-0.3, -0.25) is 24.5 Å². The summed E-state index contributed by atoms with van der Waals surface area (Å²) in [7, 11) is -2.28. The maximum absolute atomic E-state index is 12.8. The number of alkyl halides is 15. The van der Waals surface area contributed by atoms with Crippen molar-refractivity contribution in [3.63, 3.8) is 0 Å². The van der Waals surface area contributed by atoms with Gasteiger partial charge in [0.05, 0.1) is 61.0 Å². The highest BCUT2D eigenvalue weighted by Gasteiger charge is 2.37. The first kappa shape index (κ1) is 102. The summed E-state index contributed by atoms with van der Waals surface area (Å²) in [5.41, 5.74) is 4.76. The van der Waals surface area contributed by atoms with Gasteiger partial charge in [0.2, 0.25) is 0 Å². The Kier molecular flexibility index (Phi) is 33.2. The molecule has 0 radical (unpaired) electrons. The van der Waals surface area contributed by atoms with Crippen LogP contribution in [0.25, 0.3) is 11.4 Å². The highest BCUT2D eigenvalue weighted by molar-refractivity contribution is 6.56. The number of benzene rings is 5. The predicted molar refractivity (Wildman–Crippen MR) is 448 cm³/mol. The van der Waals surface area contributed by atoms with Crippen molar-refractivity contribution < 1.29 is 105 Å². The van der Waals surface area contributed by atoms with Crippen molar-refractivity contribution in [1.29, 1.82) is 15.8 Å². The van der Waals surface area contributed by atoms with Gasteiger partial charge in [-0.25, -0.2) is 14.8 Å². The van der Waals surface area contributed by atoms with E-state index >= 15 is 0 Å². The van der Waals surface area contributed by atoms with Crippen molar-refractivity contribution in [3.8, 4) is 52.6 Å². The van der Waals surface area contributed by atoms with E-state index in [0.717, 1.165) is 60.7 Å². The van der Waals surface area contributed by atoms with E-state index in [4.69, 9.17) is 41.5 Å². The second kappa shape index (κ2) is 41.8. The number of aromatic amines is 1. The number of ether oxygens (including phenoxy) is 4. The Morgan fingerprint density at radius 2 is 0.734 bits per heavy atom. The largest absolute Gasteiger partial charge is 0.487 e. The van der Waals surface area contributed by atoms with Gasteiger partial charge in [0, 0.05) is 67.7 Å². The van der Waals surface area contributed by atoms with E-state index in [1.54, 1.807) is 18.2 Å². The van der Waals surface area contributed by atoms with Crippen molar-refractivity contribution in [1.82, 2.24) is 35.1 Å². The first-order valence-electron chi connectivity index (χ1n) is 38.2. The van der Waals surface area contributed by atoms with Crippen molar-refractivity contribution >= 4 is 54.5 Å². The molecule has 0 bridgehead atoms. The van der Waals surface area contributed by atoms with Gasteiger partial charge in [-0.05, 0) is 223 Å². The number of nitrogens with zero attached hydrogens (tertiary/aromatic N) is 12. The molecule has 41 heteroatoms. The van der Waals surface area contributed by atoms with Crippen molar-refractivity contribution in [3.05, 3.63) is 282 Å². The molecule has 5 aromatic carbocycles. The lowest BCUT2D eigenvalue weighted by atomic mass is 9.83. The number of aromatic nitrogens is 7. The maximum atomic E-state index is 12.8. The Labute approximate surface area is 731 Å². The number of anilines is 4. The zero-order valence-electron chi connectivity index (χ0n) is 70.9. The van der Waals surface area contributed by atoms with E-state index in [2.05, 4.69) is 50.8 Å². The monoisotopic (exact) mass is 1810 g/mol. The molecule has 0 fully saturated rings. The fraction of sp³-hybridized carbons (Fsp3) is 0.299. The van der Waals surface area contributed by atoms with E-state index in [-0.39, 0.29) is 75.8 Å². The number of halogens is 16. The molecule has 0 unspecified atom stereocenters. The summed E-state index contributed by atoms with van der Waals surface area (Å²) in [6.07, 6.45) is -14.1. The van der Waals surface area contributed by atoms with Crippen LogP contribution in [0.5, 0.6) is 23.0 Å². The van der Waals surface area contributed by atoms with Gasteiger partial charge in [0.25, 0.3) is 0 Å². The third-order valence-corrected chi connectivity index (χ3v) is 17.2. The Hall–Kier alpha value is -13.4. The lowest BCUT2D eigenvalue weighted by Gasteiger charge is -2.28. The Morgan fingerprint density at radius 1 is 0.438 bits per heavy atom. The number of nitriles is 3. The molecule has 0 spiro atoms. The minimum atomic E-state index is -4.47. The summed E-state index contributed by atoms with van der Waals surface area (Å²) in [6, 6.07) is 36.6. The summed E-state index contributed by atoms with van der Waals surface area (Å²) in [6.45, 7) is 25.0. The molecule has 0 saturated heterocycles. The van der Waals surface area contributed by atoms with Crippen molar-refractivity contribution in [2.24, 2.45) is 10.9 Å². The van der Waals surface area contributed by atoms with Crippen LogP contribution in [0.15, 0.2) is 197 Å². The molecule has 11 rings (SSSR count). The van der Waals surface area contributed by atoms with E-state index < -0.39 is 101 Å². The number of hydrogen-bond donors (Lipinski definition) is 5. The number of H-pyrrole nitrogens is 1. The molecule has 0 amide bonds. The van der Waals surface area contributed by atoms with Crippen LogP contribution in [0.3, 0.4) is 0 Å². The van der Waals surface area contributed by atoms with Gasteiger partial charge in [-0.2, -0.15) is 81.6 Å². The van der Waals surface area contributed by atoms with Gasteiger partial charge in [0.1, 0.15) is 91.9 Å². The van der Waals surface area contributed by atoms with E-state index in [1.165, 1.54) is 127 Å². The fourth-order valence-corrected chi connectivity index (χ4v) is 11.8. The van der Waals surface area contributed by atoms with Gasteiger partial charge in [0.15, 0.2) is 11.7 Å². The summed E-state index contributed by atoms with van der Waals surface area (Å²) in [4.78, 5) is 37.3. The minimum absolute atomic E-state index is 0.0231. The molecule has 0 aliphatic rings. The van der Waals surface area contributed by atoms with E-state index in [0.29, 0.717) is 67.7 Å². The van der Waals surface area contributed by atoms with Gasteiger partial charge < -0.3 is 49.6 Å².